The van der Waals surface area contributed by atoms with Crippen molar-refractivity contribution in [3.63, 3.8) is 0 Å². The highest BCUT2D eigenvalue weighted by Gasteiger charge is 2.26. The summed E-state index contributed by atoms with van der Waals surface area (Å²) in [5.74, 6) is 0.338. The molecule has 1 fully saturated rings. The molecule has 1 saturated carbocycles. The minimum Gasteiger partial charge on any atom is -0.399 e. The van der Waals surface area contributed by atoms with Crippen LogP contribution in [0.4, 0.5) is 11.4 Å². The molecule has 5 nitrogen and oxygen atoms in total. The van der Waals surface area contributed by atoms with Crippen molar-refractivity contribution in [2.45, 2.75) is 18.9 Å². The largest absolute Gasteiger partial charge is 0.399 e. The zero-order chi connectivity index (χ0) is 13.1. The Morgan fingerprint density at radius 2 is 2.22 bits per heavy atom. The molecule has 1 aromatic rings. The van der Waals surface area contributed by atoms with Gasteiger partial charge in [0.05, 0.1) is 11.7 Å². The number of hydrogen-bond acceptors (Lipinski definition) is 4. The third-order valence-corrected chi connectivity index (χ3v) is 3.31. The summed E-state index contributed by atoms with van der Waals surface area (Å²) in [5, 5.41) is 15.1. The number of aliphatic hydroxyl groups is 1. The summed E-state index contributed by atoms with van der Waals surface area (Å²) < 4.78 is 0. The van der Waals surface area contributed by atoms with Gasteiger partial charge in [-0.2, -0.15) is 0 Å². The molecule has 0 aliphatic heterocycles. The number of nitrogens with two attached hydrogens (primary N) is 1. The van der Waals surface area contributed by atoms with Crippen LogP contribution >= 0.6 is 0 Å². The molecular weight excluding hydrogens is 230 g/mol. The highest BCUT2D eigenvalue weighted by atomic mass is 16.3. The first kappa shape index (κ1) is 12.7. The predicted molar refractivity (Wildman–Crippen MR) is 71.5 cm³/mol. The summed E-state index contributed by atoms with van der Waals surface area (Å²) in [4.78, 5) is 11.7. The minimum atomic E-state index is -0.156. The lowest BCUT2D eigenvalue weighted by Crippen LogP contribution is -2.33. The number of amides is 1. The molecule has 0 heterocycles. The third-order valence-electron chi connectivity index (χ3n) is 3.31. The van der Waals surface area contributed by atoms with Gasteiger partial charge in [0.2, 0.25) is 0 Å². The maximum atomic E-state index is 11.7. The Morgan fingerprint density at radius 3 is 2.83 bits per heavy atom. The topological polar surface area (TPSA) is 87.4 Å². The van der Waals surface area contributed by atoms with Crippen LogP contribution in [0.3, 0.4) is 0 Å². The van der Waals surface area contributed by atoms with Crippen molar-refractivity contribution in [1.82, 2.24) is 5.32 Å². The van der Waals surface area contributed by atoms with Crippen LogP contribution in [-0.2, 0) is 0 Å². The van der Waals surface area contributed by atoms with Crippen LogP contribution in [0.25, 0.3) is 0 Å². The summed E-state index contributed by atoms with van der Waals surface area (Å²) in [6.07, 6.45) is 1.49. The van der Waals surface area contributed by atoms with Crippen LogP contribution in [0.5, 0.6) is 0 Å². The van der Waals surface area contributed by atoms with Gasteiger partial charge in [0.15, 0.2) is 0 Å². The normalized spacial score (nSPS) is 22.1. The summed E-state index contributed by atoms with van der Waals surface area (Å²) in [5.41, 5.74) is 7.69. The van der Waals surface area contributed by atoms with E-state index in [1.807, 2.05) is 0 Å². The average Bonchev–Trinajstić information content (AvgIpc) is 2.32. The van der Waals surface area contributed by atoms with Crippen LogP contribution in [0.15, 0.2) is 18.2 Å². The Morgan fingerprint density at radius 1 is 1.50 bits per heavy atom. The number of aliphatic hydroxyl groups excluding tert-OH is 1. The highest BCUT2D eigenvalue weighted by molar-refractivity contribution is 6.00. The van der Waals surface area contributed by atoms with E-state index >= 15 is 0 Å². The van der Waals surface area contributed by atoms with Crippen molar-refractivity contribution >= 4 is 17.3 Å². The molecule has 0 spiro atoms. The lowest BCUT2D eigenvalue weighted by molar-refractivity contribution is 0.0486. The molecule has 0 unspecified atom stereocenters. The quantitative estimate of drug-likeness (QED) is 0.595. The molecule has 1 aliphatic carbocycles. The lowest BCUT2D eigenvalue weighted by Gasteiger charge is -2.31. The van der Waals surface area contributed by atoms with Crippen molar-refractivity contribution in [3.05, 3.63) is 23.8 Å². The van der Waals surface area contributed by atoms with Gasteiger partial charge in [-0.15, -0.1) is 0 Å². The molecule has 1 aliphatic rings. The molecule has 0 bridgehead atoms. The van der Waals surface area contributed by atoms with E-state index in [1.165, 1.54) is 0 Å². The molecule has 0 saturated heterocycles. The van der Waals surface area contributed by atoms with Gasteiger partial charge in [0.1, 0.15) is 0 Å². The SMILES string of the molecule is CNC(=O)c1ccc(N)cc1NCC1CC(O)C1. The van der Waals surface area contributed by atoms with Crippen molar-refractivity contribution in [3.8, 4) is 0 Å². The average molecular weight is 249 g/mol. The van der Waals surface area contributed by atoms with Gasteiger partial charge in [-0.05, 0) is 37.0 Å². The molecule has 0 atom stereocenters. The van der Waals surface area contributed by atoms with Gasteiger partial charge in [-0.1, -0.05) is 0 Å². The third kappa shape index (κ3) is 2.73. The molecule has 98 valence electrons. The van der Waals surface area contributed by atoms with Crippen molar-refractivity contribution in [2.75, 3.05) is 24.6 Å². The highest BCUT2D eigenvalue weighted by Crippen LogP contribution is 2.28. The van der Waals surface area contributed by atoms with E-state index in [2.05, 4.69) is 10.6 Å². The summed E-state index contributed by atoms with van der Waals surface area (Å²) >= 11 is 0. The van der Waals surface area contributed by atoms with Crippen LogP contribution < -0.4 is 16.4 Å². The first-order chi connectivity index (χ1) is 8.60. The number of carbonyl (C=O) groups is 1. The van der Waals surface area contributed by atoms with Crippen LogP contribution in [-0.4, -0.2) is 30.7 Å². The fourth-order valence-electron chi connectivity index (χ4n) is 2.16. The van der Waals surface area contributed by atoms with E-state index < -0.39 is 0 Å². The maximum absolute atomic E-state index is 11.7. The lowest BCUT2D eigenvalue weighted by atomic mass is 9.82. The smallest absolute Gasteiger partial charge is 0.253 e. The first-order valence-electron chi connectivity index (χ1n) is 6.13. The Labute approximate surface area is 106 Å². The zero-order valence-electron chi connectivity index (χ0n) is 10.4. The van der Waals surface area contributed by atoms with Crippen molar-refractivity contribution in [1.29, 1.82) is 0 Å². The molecule has 18 heavy (non-hydrogen) atoms. The molecule has 5 heteroatoms. The molecule has 5 N–H and O–H groups in total. The monoisotopic (exact) mass is 249 g/mol. The summed E-state index contributed by atoms with van der Waals surface area (Å²) in [7, 11) is 1.60. The predicted octanol–water partition coefficient (Wildman–Crippen LogP) is 0.811. The van der Waals surface area contributed by atoms with E-state index in [1.54, 1.807) is 25.2 Å². The Hall–Kier alpha value is -1.75. The molecule has 0 radical (unpaired) electrons. The van der Waals surface area contributed by atoms with Crippen LogP contribution in [0.1, 0.15) is 23.2 Å². The summed E-state index contributed by atoms with van der Waals surface area (Å²) in [6, 6.07) is 5.19. The standard InChI is InChI=1S/C13H19N3O2/c1-15-13(18)11-3-2-9(14)6-12(11)16-7-8-4-10(17)5-8/h2-3,6,8,10,16-17H,4-5,7,14H2,1H3,(H,15,18). The molecule has 2 rings (SSSR count). The van der Waals surface area contributed by atoms with Crippen LogP contribution in [0, 0.1) is 5.92 Å². The van der Waals surface area contributed by atoms with Crippen molar-refractivity contribution < 1.29 is 9.90 Å². The van der Waals surface area contributed by atoms with E-state index in [0.717, 1.165) is 25.1 Å². The fourth-order valence-corrected chi connectivity index (χ4v) is 2.16. The number of anilines is 2. The van der Waals surface area contributed by atoms with E-state index in [0.29, 0.717) is 17.2 Å². The van der Waals surface area contributed by atoms with E-state index in [9.17, 15) is 9.90 Å². The van der Waals surface area contributed by atoms with E-state index in [-0.39, 0.29) is 12.0 Å². The second-order valence-corrected chi connectivity index (χ2v) is 4.76. The molecule has 1 amide bonds. The molecule has 0 aromatic heterocycles. The number of benzene rings is 1. The molecule has 1 aromatic carbocycles. The number of nitrogens with one attached hydrogen (secondary N) is 2. The number of carbonyl (C=O) groups excluding carboxylic acids is 1. The second-order valence-electron chi connectivity index (χ2n) is 4.76. The minimum absolute atomic E-state index is 0.133. The Kier molecular flexibility index (Phi) is 3.72. The zero-order valence-corrected chi connectivity index (χ0v) is 10.4. The van der Waals surface area contributed by atoms with Gasteiger partial charge in [0.25, 0.3) is 5.91 Å². The molecular formula is C13H19N3O2. The first-order valence-corrected chi connectivity index (χ1v) is 6.13. The number of rotatable bonds is 4. The number of nitrogen functional groups attached to an aromatic ring is 1. The van der Waals surface area contributed by atoms with Gasteiger partial charge in [-0.3, -0.25) is 4.79 Å². The van der Waals surface area contributed by atoms with Gasteiger partial charge in [-0.25, -0.2) is 0 Å². The Balaban J connectivity index is 2.05. The van der Waals surface area contributed by atoms with Gasteiger partial charge in [0, 0.05) is 25.0 Å². The van der Waals surface area contributed by atoms with Crippen molar-refractivity contribution in [2.24, 2.45) is 5.92 Å². The van der Waals surface area contributed by atoms with E-state index in [4.69, 9.17) is 5.73 Å². The number of hydrogen-bond donors (Lipinski definition) is 4. The Bertz CT molecular complexity index is 442. The maximum Gasteiger partial charge on any atom is 0.253 e. The second kappa shape index (κ2) is 5.27. The van der Waals surface area contributed by atoms with Crippen LogP contribution in [0.2, 0.25) is 0 Å². The van der Waals surface area contributed by atoms with Gasteiger partial charge < -0.3 is 21.5 Å². The van der Waals surface area contributed by atoms with Gasteiger partial charge >= 0.3 is 0 Å². The summed E-state index contributed by atoms with van der Waals surface area (Å²) in [6.45, 7) is 0.754. The fraction of sp³-hybridized carbons (Fsp3) is 0.462.